The van der Waals surface area contributed by atoms with Crippen LogP contribution in [-0.2, 0) is 0 Å². The minimum absolute atomic E-state index is 0.738. The summed E-state index contributed by atoms with van der Waals surface area (Å²) in [4.78, 5) is 0. The van der Waals surface area contributed by atoms with Crippen LogP contribution in [0.4, 0.5) is 0 Å². The first-order valence-corrected chi connectivity index (χ1v) is 4.37. The lowest BCUT2D eigenvalue weighted by atomic mass is 9.96. The quantitative estimate of drug-likeness (QED) is 0.562. The van der Waals surface area contributed by atoms with E-state index in [1.807, 2.05) is 0 Å². The zero-order valence-corrected chi connectivity index (χ0v) is 7.38. The van der Waals surface area contributed by atoms with Gasteiger partial charge >= 0.3 is 0 Å². The first kappa shape index (κ1) is 8.32. The molecule has 11 heavy (non-hydrogen) atoms. The van der Waals surface area contributed by atoms with Gasteiger partial charge in [0.2, 0.25) is 0 Å². The Morgan fingerprint density at radius 1 is 1.36 bits per heavy atom. The Hall–Kier alpha value is -0.780. The predicted octanol–water partition coefficient (Wildman–Crippen LogP) is 3.48. The van der Waals surface area contributed by atoms with Crippen molar-refractivity contribution in [2.24, 2.45) is 5.92 Å². The number of allylic oxidation sites excluding steroid dienone is 6. The molecule has 1 unspecified atom stereocenters. The van der Waals surface area contributed by atoms with Crippen molar-refractivity contribution < 1.29 is 0 Å². The number of hydrogen-bond donors (Lipinski definition) is 0. The Balaban J connectivity index is 2.64. The summed E-state index contributed by atoms with van der Waals surface area (Å²) in [6, 6.07) is 0. The SMILES string of the molecule is CCC(C)C1=CC=CC=CC1. The molecule has 0 aromatic carbocycles. The molecule has 0 amide bonds. The molecule has 1 atom stereocenters. The van der Waals surface area contributed by atoms with Gasteiger partial charge in [-0.1, -0.05) is 49.8 Å². The average molecular weight is 148 g/mol. The zero-order chi connectivity index (χ0) is 8.10. The van der Waals surface area contributed by atoms with Crippen LogP contribution in [0.5, 0.6) is 0 Å². The van der Waals surface area contributed by atoms with E-state index in [-0.39, 0.29) is 0 Å². The Labute approximate surface area is 69.3 Å². The van der Waals surface area contributed by atoms with E-state index in [0.717, 1.165) is 12.3 Å². The zero-order valence-electron chi connectivity index (χ0n) is 7.38. The summed E-state index contributed by atoms with van der Waals surface area (Å²) < 4.78 is 0. The molecule has 0 heteroatoms. The van der Waals surface area contributed by atoms with E-state index in [4.69, 9.17) is 0 Å². The van der Waals surface area contributed by atoms with Crippen molar-refractivity contribution >= 4 is 0 Å². The topological polar surface area (TPSA) is 0 Å². The Kier molecular flexibility index (Phi) is 3.15. The van der Waals surface area contributed by atoms with Crippen LogP contribution in [0.1, 0.15) is 26.7 Å². The van der Waals surface area contributed by atoms with Gasteiger partial charge in [-0.3, -0.25) is 0 Å². The smallest absolute Gasteiger partial charge is 0.0130 e. The Bertz CT molecular complexity index is 194. The van der Waals surface area contributed by atoms with Crippen molar-refractivity contribution in [1.82, 2.24) is 0 Å². The van der Waals surface area contributed by atoms with Crippen LogP contribution in [0.3, 0.4) is 0 Å². The molecule has 0 nitrogen and oxygen atoms in total. The van der Waals surface area contributed by atoms with Crippen molar-refractivity contribution in [3.05, 3.63) is 36.0 Å². The number of hydrogen-bond acceptors (Lipinski definition) is 0. The van der Waals surface area contributed by atoms with Crippen LogP contribution in [-0.4, -0.2) is 0 Å². The summed E-state index contributed by atoms with van der Waals surface area (Å²) in [5.74, 6) is 0.738. The minimum atomic E-state index is 0.738. The normalized spacial score (nSPS) is 19.3. The standard InChI is InChI=1S/C11H16/c1-3-10(2)11-8-6-4-5-7-9-11/h4-8,10H,3,9H2,1-2H3. The molecule has 1 aliphatic rings. The fourth-order valence-electron chi connectivity index (χ4n) is 1.22. The molecule has 60 valence electrons. The summed E-state index contributed by atoms with van der Waals surface area (Å²) in [5, 5.41) is 0. The summed E-state index contributed by atoms with van der Waals surface area (Å²) in [6.07, 6.45) is 13.2. The second-order valence-electron chi connectivity index (χ2n) is 3.07. The van der Waals surface area contributed by atoms with Crippen LogP contribution < -0.4 is 0 Å². The second kappa shape index (κ2) is 4.17. The average Bonchev–Trinajstić information content (AvgIpc) is 2.30. The van der Waals surface area contributed by atoms with Gasteiger partial charge in [-0.15, -0.1) is 0 Å². The molecule has 0 saturated heterocycles. The summed E-state index contributed by atoms with van der Waals surface area (Å²) in [5.41, 5.74) is 1.55. The van der Waals surface area contributed by atoms with Gasteiger partial charge in [0.1, 0.15) is 0 Å². The van der Waals surface area contributed by atoms with Gasteiger partial charge in [0, 0.05) is 0 Å². The van der Waals surface area contributed by atoms with Gasteiger partial charge < -0.3 is 0 Å². The van der Waals surface area contributed by atoms with Crippen LogP contribution >= 0.6 is 0 Å². The molecule has 0 aromatic heterocycles. The van der Waals surface area contributed by atoms with E-state index in [2.05, 4.69) is 44.2 Å². The van der Waals surface area contributed by atoms with Gasteiger partial charge in [-0.25, -0.2) is 0 Å². The monoisotopic (exact) mass is 148 g/mol. The van der Waals surface area contributed by atoms with Crippen molar-refractivity contribution in [2.75, 3.05) is 0 Å². The lowest BCUT2D eigenvalue weighted by molar-refractivity contribution is 0.642. The lowest BCUT2D eigenvalue weighted by Gasteiger charge is -2.10. The maximum atomic E-state index is 2.29. The molecule has 0 radical (unpaired) electrons. The van der Waals surface area contributed by atoms with Gasteiger partial charge in [-0.2, -0.15) is 0 Å². The van der Waals surface area contributed by atoms with Crippen LogP contribution in [0.25, 0.3) is 0 Å². The van der Waals surface area contributed by atoms with E-state index in [9.17, 15) is 0 Å². The molecule has 0 aliphatic heterocycles. The first-order valence-electron chi connectivity index (χ1n) is 4.37. The highest BCUT2D eigenvalue weighted by Gasteiger charge is 2.03. The molecular formula is C11H16. The summed E-state index contributed by atoms with van der Waals surface area (Å²) >= 11 is 0. The molecule has 0 fully saturated rings. The van der Waals surface area contributed by atoms with E-state index in [1.54, 1.807) is 5.57 Å². The third kappa shape index (κ3) is 2.38. The van der Waals surface area contributed by atoms with Crippen molar-refractivity contribution in [3.8, 4) is 0 Å². The highest BCUT2D eigenvalue weighted by Crippen LogP contribution is 2.19. The molecule has 0 heterocycles. The first-order chi connectivity index (χ1) is 5.34. The summed E-state index contributed by atoms with van der Waals surface area (Å²) in [6.45, 7) is 4.53. The molecule has 0 spiro atoms. The van der Waals surface area contributed by atoms with Crippen molar-refractivity contribution in [3.63, 3.8) is 0 Å². The Morgan fingerprint density at radius 2 is 2.18 bits per heavy atom. The minimum Gasteiger partial charge on any atom is -0.0805 e. The van der Waals surface area contributed by atoms with Crippen molar-refractivity contribution in [2.45, 2.75) is 26.7 Å². The lowest BCUT2D eigenvalue weighted by Crippen LogP contribution is -1.95. The number of rotatable bonds is 2. The van der Waals surface area contributed by atoms with E-state index in [0.29, 0.717) is 0 Å². The molecule has 0 saturated carbocycles. The van der Waals surface area contributed by atoms with Crippen molar-refractivity contribution in [1.29, 1.82) is 0 Å². The fourth-order valence-corrected chi connectivity index (χ4v) is 1.22. The van der Waals surface area contributed by atoms with Crippen LogP contribution in [0.2, 0.25) is 0 Å². The predicted molar refractivity (Wildman–Crippen MR) is 50.4 cm³/mol. The molecule has 0 bridgehead atoms. The Morgan fingerprint density at radius 3 is 2.91 bits per heavy atom. The van der Waals surface area contributed by atoms with E-state index in [1.165, 1.54) is 6.42 Å². The second-order valence-corrected chi connectivity index (χ2v) is 3.07. The summed E-state index contributed by atoms with van der Waals surface area (Å²) in [7, 11) is 0. The van der Waals surface area contributed by atoms with E-state index >= 15 is 0 Å². The molecule has 1 rings (SSSR count). The third-order valence-corrected chi connectivity index (χ3v) is 2.27. The van der Waals surface area contributed by atoms with E-state index < -0.39 is 0 Å². The highest BCUT2D eigenvalue weighted by molar-refractivity contribution is 5.24. The molecule has 0 aromatic rings. The molecule has 0 N–H and O–H groups in total. The van der Waals surface area contributed by atoms with Crippen LogP contribution in [0.15, 0.2) is 36.0 Å². The van der Waals surface area contributed by atoms with Crippen LogP contribution in [0, 0.1) is 5.92 Å². The fraction of sp³-hybridized carbons (Fsp3) is 0.455. The maximum absolute atomic E-state index is 2.29. The molecular weight excluding hydrogens is 132 g/mol. The highest BCUT2D eigenvalue weighted by atomic mass is 14.1. The van der Waals surface area contributed by atoms with Gasteiger partial charge in [0.15, 0.2) is 0 Å². The van der Waals surface area contributed by atoms with Gasteiger partial charge in [0.25, 0.3) is 0 Å². The third-order valence-electron chi connectivity index (χ3n) is 2.27. The van der Waals surface area contributed by atoms with Gasteiger partial charge in [0.05, 0.1) is 0 Å². The van der Waals surface area contributed by atoms with Gasteiger partial charge in [-0.05, 0) is 18.8 Å². The largest absolute Gasteiger partial charge is 0.0805 e. The molecule has 1 aliphatic carbocycles. The maximum Gasteiger partial charge on any atom is -0.0130 e.